The minimum Gasteiger partial charge on any atom is -0.360 e. The molecule has 0 saturated carbocycles. The number of carbonyl (C=O) groups is 2. The maximum atomic E-state index is 12.4. The second kappa shape index (κ2) is 10.7. The van der Waals surface area contributed by atoms with Crippen LogP contribution in [0.2, 0.25) is 0 Å². The summed E-state index contributed by atoms with van der Waals surface area (Å²) in [6.07, 6.45) is -0.205. The third-order valence-electron chi connectivity index (χ3n) is 4.94. The second-order valence-corrected chi connectivity index (χ2v) is 12.4. The molecule has 0 aromatic heterocycles. The van der Waals surface area contributed by atoms with E-state index in [4.69, 9.17) is 21.4 Å². The first kappa shape index (κ1) is 26.9. The second-order valence-electron chi connectivity index (χ2n) is 7.37. The summed E-state index contributed by atoms with van der Waals surface area (Å²) in [7, 11) is 2.91. The molecule has 0 radical (unpaired) electrons. The molecule has 12 heteroatoms. The van der Waals surface area contributed by atoms with Gasteiger partial charge in [0.25, 0.3) is 18.1 Å². The fourth-order valence-electron chi connectivity index (χ4n) is 3.14. The highest BCUT2D eigenvalue weighted by molar-refractivity contribution is 8.14. The van der Waals surface area contributed by atoms with Crippen LogP contribution < -0.4 is 0 Å². The first-order chi connectivity index (χ1) is 15.2. The Balaban J connectivity index is 2.07. The summed E-state index contributed by atoms with van der Waals surface area (Å²) in [5, 5.41) is 0. The molecule has 0 N–H and O–H groups in total. The molecule has 0 amide bonds. The molecule has 2 aromatic carbocycles. The van der Waals surface area contributed by atoms with E-state index in [1.807, 2.05) is 0 Å². The van der Waals surface area contributed by atoms with Gasteiger partial charge in [-0.1, -0.05) is 24.3 Å². The molecular formula is C21H20Cl2N2O6S2. The van der Waals surface area contributed by atoms with Crippen LogP contribution in [-0.2, 0) is 40.5 Å². The van der Waals surface area contributed by atoms with E-state index in [2.05, 4.69) is 4.79 Å². The molecule has 33 heavy (non-hydrogen) atoms. The van der Waals surface area contributed by atoms with Gasteiger partial charge in [0.15, 0.2) is 0 Å². The fraction of sp³-hybridized carbons (Fsp3) is 0.286. The molecule has 2 aromatic rings. The number of halogens is 2. The zero-order valence-electron chi connectivity index (χ0n) is 17.7. The van der Waals surface area contributed by atoms with Crippen molar-refractivity contribution in [3.05, 3.63) is 64.2 Å². The zero-order valence-corrected chi connectivity index (χ0v) is 20.9. The molecule has 176 valence electrons. The maximum Gasteiger partial charge on any atom is 0.400 e. The summed E-state index contributed by atoms with van der Waals surface area (Å²) in [5.74, 6) is -1.43. The Bertz CT molecular complexity index is 1280. The average Bonchev–Trinajstić information content (AvgIpc) is 2.71. The monoisotopic (exact) mass is 530 g/mol. The van der Waals surface area contributed by atoms with Gasteiger partial charge in [0, 0.05) is 34.2 Å². The molecule has 0 unspecified atom stereocenters. The van der Waals surface area contributed by atoms with Crippen LogP contribution in [0.3, 0.4) is 0 Å². The summed E-state index contributed by atoms with van der Waals surface area (Å²) >= 11 is 0. The Labute approximate surface area is 201 Å². The van der Waals surface area contributed by atoms with Gasteiger partial charge in [0.1, 0.15) is 0 Å². The first-order valence-electron chi connectivity index (χ1n) is 9.61. The highest BCUT2D eigenvalue weighted by Crippen LogP contribution is 2.23. The number of carbonyl (C=O) groups excluding carboxylic acids is 2. The van der Waals surface area contributed by atoms with E-state index < -0.39 is 35.4 Å². The molecular weight excluding hydrogens is 511 g/mol. The van der Waals surface area contributed by atoms with Crippen LogP contribution in [0.4, 0.5) is 0 Å². The molecule has 0 atom stereocenters. The van der Waals surface area contributed by atoms with Gasteiger partial charge in [-0.3, -0.25) is 9.59 Å². The van der Waals surface area contributed by atoms with Crippen molar-refractivity contribution in [2.24, 2.45) is 0 Å². The van der Waals surface area contributed by atoms with Crippen molar-refractivity contribution < 1.29 is 31.2 Å². The number of Topliss-reactive ketones (excluding diaryl/α,β-unsaturated/α-hetero) is 2. The van der Waals surface area contributed by atoms with Crippen molar-refractivity contribution >= 4 is 56.7 Å². The number of aryl methyl sites for hydroxylation is 4. The standard InChI is InChI=1S/C21H20Cl2N2O6S2/c1-13-3-5-15(11-19(13)32(22,28)29)7-9-17(26)21(25-24)18(27)10-8-16-6-4-14(2)20(12-16)33(23,30)31/h3-6,11-12H,7-10H2,1-2H3. The normalized spacial score (nSPS) is 11.6. The predicted molar refractivity (Wildman–Crippen MR) is 124 cm³/mol. The first-order valence-corrected chi connectivity index (χ1v) is 14.2. The summed E-state index contributed by atoms with van der Waals surface area (Å²) in [4.78, 5) is 27.5. The minimum atomic E-state index is -3.95. The Morgan fingerprint density at radius 2 is 1.15 bits per heavy atom. The maximum absolute atomic E-state index is 12.4. The van der Waals surface area contributed by atoms with Gasteiger partial charge in [0.05, 0.1) is 9.79 Å². The summed E-state index contributed by atoms with van der Waals surface area (Å²) in [5.41, 5.74) is 10.5. The van der Waals surface area contributed by atoms with Crippen molar-refractivity contribution in [3.63, 3.8) is 0 Å². The van der Waals surface area contributed by atoms with Gasteiger partial charge in [-0.05, 0) is 61.1 Å². The van der Waals surface area contributed by atoms with Gasteiger partial charge in [-0.2, -0.15) is 4.79 Å². The van der Waals surface area contributed by atoms with Crippen LogP contribution >= 0.6 is 21.4 Å². The van der Waals surface area contributed by atoms with Crippen molar-refractivity contribution in [2.75, 3.05) is 0 Å². The van der Waals surface area contributed by atoms with Crippen LogP contribution in [0.15, 0.2) is 46.2 Å². The Kier molecular flexibility index (Phi) is 8.73. The van der Waals surface area contributed by atoms with Crippen molar-refractivity contribution in [3.8, 4) is 0 Å². The Morgan fingerprint density at radius 3 is 1.45 bits per heavy atom. The van der Waals surface area contributed by atoms with E-state index in [-0.39, 0.29) is 35.5 Å². The summed E-state index contributed by atoms with van der Waals surface area (Å²) < 4.78 is 46.5. The number of ketones is 2. The molecule has 0 bridgehead atoms. The van der Waals surface area contributed by atoms with E-state index in [1.165, 1.54) is 12.1 Å². The van der Waals surface area contributed by atoms with Crippen LogP contribution in [-0.4, -0.2) is 38.9 Å². The van der Waals surface area contributed by atoms with Crippen LogP contribution in [0.5, 0.6) is 0 Å². The van der Waals surface area contributed by atoms with Crippen LogP contribution in [0, 0.1) is 13.8 Å². The third-order valence-corrected chi connectivity index (χ3v) is 7.87. The molecule has 0 aliphatic rings. The van der Waals surface area contributed by atoms with Crippen LogP contribution in [0.1, 0.15) is 35.1 Å². The minimum absolute atomic E-state index is 0.0716. The Morgan fingerprint density at radius 1 is 0.788 bits per heavy atom. The lowest BCUT2D eigenvalue weighted by atomic mass is 9.99. The third kappa shape index (κ3) is 7.31. The molecule has 0 aliphatic heterocycles. The van der Waals surface area contributed by atoms with E-state index in [9.17, 15) is 32.0 Å². The van der Waals surface area contributed by atoms with Gasteiger partial charge in [-0.25, -0.2) is 16.8 Å². The molecule has 2 rings (SSSR count). The summed E-state index contributed by atoms with van der Waals surface area (Å²) in [6, 6.07) is 9.07. The number of nitrogens with zero attached hydrogens (tertiary/aromatic N) is 2. The van der Waals surface area contributed by atoms with Gasteiger partial charge < -0.3 is 5.53 Å². The molecule has 0 spiro atoms. The topological polar surface area (TPSA) is 139 Å². The number of rotatable bonds is 10. The highest BCUT2D eigenvalue weighted by atomic mass is 35.7. The number of hydrogen-bond donors (Lipinski definition) is 0. The summed E-state index contributed by atoms with van der Waals surface area (Å²) in [6.45, 7) is 3.16. The lowest BCUT2D eigenvalue weighted by Gasteiger charge is -2.06. The van der Waals surface area contributed by atoms with Gasteiger partial charge >= 0.3 is 5.71 Å². The lowest BCUT2D eigenvalue weighted by molar-refractivity contribution is -0.124. The molecule has 0 heterocycles. The molecule has 8 nitrogen and oxygen atoms in total. The molecule has 0 aliphatic carbocycles. The molecule has 0 fully saturated rings. The Hall–Kier alpha value is -2.36. The van der Waals surface area contributed by atoms with E-state index in [1.54, 1.807) is 38.1 Å². The largest absolute Gasteiger partial charge is 0.400 e. The predicted octanol–water partition coefficient (Wildman–Crippen LogP) is 3.53. The van der Waals surface area contributed by atoms with Crippen molar-refractivity contribution in [1.82, 2.24) is 0 Å². The lowest BCUT2D eigenvalue weighted by Crippen LogP contribution is -2.26. The zero-order chi connectivity index (χ0) is 25.0. The SMILES string of the molecule is Cc1ccc(CCC(=O)C(=[N+]=[N-])C(=O)CCc2ccc(C)c(S(=O)(=O)Cl)c2)cc1S(=O)(=O)Cl. The quantitative estimate of drug-likeness (QED) is 0.151. The van der Waals surface area contributed by atoms with Crippen LogP contribution in [0.25, 0.3) is 5.53 Å². The van der Waals surface area contributed by atoms with Crippen molar-refractivity contribution in [1.29, 1.82) is 0 Å². The highest BCUT2D eigenvalue weighted by Gasteiger charge is 2.28. The molecule has 0 saturated heterocycles. The average molecular weight is 531 g/mol. The van der Waals surface area contributed by atoms with E-state index >= 15 is 0 Å². The van der Waals surface area contributed by atoms with Gasteiger partial charge in [-0.15, -0.1) is 0 Å². The smallest absolute Gasteiger partial charge is 0.360 e. The fourth-order valence-corrected chi connectivity index (χ4v) is 5.63. The number of hydrogen-bond acceptors (Lipinski definition) is 6. The number of benzene rings is 2. The van der Waals surface area contributed by atoms with Gasteiger partial charge in [0.2, 0.25) is 11.6 Å². The van der Waals surface area contributed by atoms with E-state index in [0.717, 1.165) is 0 Å². The van der Waals surface area contributed by atoms with E-state index in [0.29, 0.717) is 22.3 Å². The van der Waals surface area contributed by atoms with Crippen molar-refractivity contribution in [2.45, 2.75) is 49.3 Å².